The van der Waals surface area contributed by atoms with Crippen LogP contribution in [0, 0.1) is 0 Å². The third-order valence-electron chi connectivity index (χ3n) is 4.14. The van der Waals surface area contributed by atoms with Gasteiger partial charge in [0, 0.05) is 5.39 Å². The van der Waals surface area contributed by atoms with Gasteiger partial charge in [0.15, 0.2) is 0 Å². The van der Waals surface area contributed by atoms with Crippen molar-refractivity contribution in [2.24, 2.45) is 0 Å². The molecule has 0 saturated heterocycles. The Morgan fingerprint density at radius 3 is 2.42 bits per heavy atom. The minimum atomic E-state index is -0.696. The molecule has 3 aromatic carbocycles. The van der Waals surface area contributed by atoms with Crippen LogP contribution in [0.3, 0.4) is 0 Å². The lowest BCUT2D eigenvalue weighted by atomic mass is 10.0. The zero-order valence-electron chi connectivity index (χ0n) is 13.6. The molecule has 0 aliphatic rings. The van der Waals surface area contributed by atoms with Crippen LogP contribution in [-0.2, 0) is 13.0 Å². The Hall–Kier alpha value is -2.36. The number of ether oxygens (including phenoxy) is 1. The van der Waals surface area contributed by atoms with E-state index >= 15 is 0 Å². The molecule has 0 amide bonds. The molecule has 24 heavy (non-hydrogen) atoms. The van der Waals surface area contributed by atoms with Crippen molar-refractivity contribution in [3.05, 3.63) is 77.9 Å². The van der Waals surface area contributed by atoms with Gasteiger partial charge >= 0.3 is 0 Å². The van der Waals surface area contributed by atoms with Gasteiger partial charge in [0.25, 0.3) is 0 Å². The van der Waals surface area contributed by atoms with Crippen LogP contribution in [0.25, 0.3) is 10.8 Å². The van der Waals surface area contributed by atoms with E-state index in [1.807, 2.05) is 48.5 Å². The molecule has 0 aliphatic heterocycles. The van der Waals surface area contributed by atoms with Crippen LogP contribution in [0.2, 0.25) is 0 Å². The first-order valence-corrected chi connectivity index (χ1v) is 8.24. The van der Waals surface area contributed by atoms with Crippen LogP contribution in [0.5, 0.6) is 5.75 Å². The summed E-state index contributed by atoms with van der Waals surface area (Å²) < 4.78 is 6.16. The number of aliphatic hydroxyl groups excluding tert-OH is 2. The van der Waals surface area contributed by atoms with Gasteiger partial charge in [-0.25, -0.2) is 0 Å². The number of fused-ring (bicyclic) bond motifs is 1. The van der Waals surface area contributed by atoms with E-state index in [0.29, 0.717) is 19.4 Å². The summed E-state index contributed by atoms with van der Waals surface area (Å²) >= 11 is 0. The van der Waals surface area contributed by atoms with Gasteiger partial charge in [0.05, 0.1) is 12.7 Å². The first-order valence-electron chi connectivity index (χ1n) is 8.24. The van der Waals surface area contributed by atoms with Gasteiger partial charge < -0.3 is 14.9 Å². The van der Waals surface area contributed by atoms with Gasteiger partial charge in [-0.15, -0.1) is 0 Å². The summed E-state index contributed by atoms with van der Waals surface area (Å²) in [5.74, 6) is 0.863. The van der Waals surface area contributed by atoms with Crippen LogP contribution in [0.1, 0.15) is 17.5 Å². The Labute approximate surface area is 142 Å². The van der Waals surface area contributed by atoms with E-state index in [9.17, 15) is 5.11 Å². The summed E-state index contributed by atoms with van der Waals surface area (Å²) in [4.78, 5) is 0. The number of aryl methyl sites for hydroxylation is 1. The molecule has 124 valence electrons. The second-order valence-electron chi connectivity index (χ2n) is 5.92. The highest BCUT2D eigenvalue weighted by molar-refractivity contribution is 5.89. The Balaban J connectivity index is 1.88. The predicted molar refractivity (Wildman–Crippen MR) is 96.1 cm³/mol. The van der Waals surface area contributed by atoms with Crippen molar-refractivity contribution >= 4 is 10.8 Å². The number of aliphatic hydroxyl groups is 2. The normalized spacial score (nSPS) is 12.2. The summed E-state index contributed by atoms with van der Waals surface area (Å²) in [6, 6.07) is 22.3. The molecule has 0 radical (unpaired) electrons. The summed E-state index contributed by atoms with van der Waals surface area (Å²) in [5, 5.41) is 20.9. The van der Waals surface area contributed by atoms with Crippen molar-refractivity contribution in [3.63, 3.8) is 0 Å². The molecule has 0 aromatic heterocycles. The Morgan fingerprint density at radius 1 is 0.875 bits per heavy atom. The van der Waals surface area contributed by atoms with E-state index in [2.05, 4.69) is 18.2 Å². The monoisotopic (exact) mass is 322 g/mol. The second kappa shape index (κ2) is 7.95. The van der Waals surface area contributed by atoms with Crippen molar-refractivity contribution in [1.82, 2.24) is 0 Å². The molecule has 1 atom stereocenters. The maximum Gasteiger partial charge on any atom is 0.130 e. The van der Waals surface area contributed by atoms with Crippen LogP contribution in [0.15, 0.2) is 66.7 Å². The molecular formula is C21H22O3. The third kappa shape index (κ3) is 3.94. The van der Waals surface area contributed by atoms with E-state index < -0.39 is 6.10 Å². The number of benzene rings is 3. The molecule has 0 fully saturated rings. The molecule has 0 unspecified atom stereocenters. The number of hydrogen-bond acceptors (Lipinski definition) is 3. The quantitative estimate of drug-likeness (QED) is 0.697. The van der Waals surface area contributed by atoms with Gasteiger partial charge in [-0.1, -0.05) is 66.7 Å². The molecule has 0 spiro atoms. The van der Waals surface area contributed by atoms with E-state index in [0.717, 1.165) is 27.6 Å². The van der Waals surface area contributed by atoms with E-state index in [1.54, 1.807) is 0 Å². The van der Waals surface area contributed by atoms with Crippen molar-refractivity contribution in [2.45, 2.75) is 25.6 Å². The lowest BCUT2D eigenvalue weighted by Crippen LogP contribution is -2.13. The fourth-order valence-corrected chi connectivity index (χ4v) is 2.80. The van der Waals surface area contributed by atoms with Crippen molar-refractivity contribution in [3.8, 4) is 5.75 Å². The van der Waals surface area contributed by atoms with E-state index in [-0.39, 0.29) is 6.61 Å². The van der Waals surface area contributed by atoms with E-state index in [1.165, 1.54) is 0 Å². The highest BCUT2D eigenvalue weighted by Crippen LogP contribution is 2.31. The largest absolute Gasteiger partial charge is 0.488 e. The fraction of sp³-hybridized carbons (Fsp3) is 0.238. The maximum atomic E-state index is 9.64. The molecule has 3 aromatic rings. The molecule has 0 saturated carbocycles. The Kier molecular flexibility index (Phi) is 5.47. The molecular weight excluding hydrogens is 300 g/mol. The van der Waals surface area contributed by atoms with Crippen LogP contribution in [0.4, 0.5) is 0 Å². The summed E-state index contributed by atoms with van der Waals surface area (Å²) in [7, 11) is 0. The highest BCUT2D eigenvalue weighted by atomic mass is 16.5. The molecule has 3 rings (SSSR count). The lowest BCUT2D eigenvalue weighted by molar-refractivity contribution is 0.0884. The number of hydrogen-bond donors (Lipinski definition) is 2. The lowest BCUT2D eigenvalue weighted by Gasteiger charge is -2.16. The summed E-state index contributed by atoms with van der Waals surface area (Å²) in [6.45, 7) is 0.290. The zero-order valence-corrected chi connectivity index (χ0v) is 13.6. The fourth-order valence-electron chi connectivity index (χ4n) is 2.80. The SMILES string of the molecule is OC[C@@H](O)CCc1ccc2ccccc2c1OCc1ccccc1. The van der Waals surface area contributed by atoms with E-state index in [4.69, 9.17) is 9.84 Å². The van der Waals surface area contributed by atoms with Gasteiger partial charge in [-0.3, -0.25) is 0 Å². The van der Waals surface area contributed by atoms with Crippen LogP contribution in [-0.4, -0.2) is 22.9 Å². The minimum Gasteiger partial charge on any atom is -0.488 e. The average molecular weight is 322 g/mol. The average Bonchev–Trinajstić information content (AvgIpc) is 2.65. The molecule has 0 bridgehead atoms. The predicted octanol–water partition coefficient (Wildman–Crippen LogP) is 3.70. The van der Waals surface area contributed by atoms with Gasteiger partial charge in [-0.05, 0) is 29.4 Å². The van der Waals surface area contributed by atoms with Crippen molar-refractivity contribution in [1.29, 1.82) is 0 Å². The molecule has 2 N–H and O–H groups in total. The second-order valence-corrected chi connectivity index (χ2v) is 5.92. The molecule has 0 aliphatic carbocycles. The highest BCUT2D eigenvalue weighted by Gasteiger charge is 2.11. The van der Waals surface area contributed by atoms with Gasteiger partial charge in [-0.2, -0.15) is 0 Å². The van der Waals surface area contributed by atoms with Crippen molar-refractivity contribution < 1.29 is 14.9 Å². The Morgan fingerprint density at radius 2 is 1.62 bits per heavy atom. The van der Waals surface area contributed by atoms with Crippen LogP contribution < -0.4 is 4.74 Å². The topological polar surface area (TPSA) is 49.7 Å². The smallest absolute Gasteiger partial charge is 0.130 e. The zero-order chi connectivity index (χ0) is 16.8. The van der Waals surface area contributed by atoms with Crippen LogP contribution >= 0.6 is 0 Å². The minimum absolute atomic E-state index is 0.214. The van der Waals surface area contributed by atoms with Gasteiger partial charge in [0.2, 0.25) is 0 Å². The summed E-state index contributed by atoms with van der Waals surface area (Å²) in [5.41, 5.74) is 2.17. The first kappa shape index (κ1) is 16.5. The number of rotatable bonds is 7. The summed E-state index contributed by atoms with van der Waals surface area (Å²) in [6.07, 6.45) is 0.478. The maximum absolute atomic E-state index is 9.64. The first-order chi connectivity index (χ1) is 11.8. The molecule has 3 heteroatoms. The third-order valence-corrected chi connectivity index (χ3v) is 4.14. The van der Waals surface area contributed by atoms with Crippen molar-refractivity contribution in [2.75, 3.05) is 6.61 Å². The van der Waals surface area contributed by atoms with Gasteiger partial charge in [0.1, 0.15) is 12.4 Å². The molecule has 3 nitrogen and oxygen atoms in total. The standard InChI is InChI=1S/C21H22O3/c22-14-19(23)13-12-18-11-10-17-8-4-5-9-20(17)21(18)24-15-16-6-2-1-3-7-16/h1-11,19,22-23H,12-15H2/t19-/m0/s1. The Bertz CT molecular complexity index is 783. The molecule has 0 heterocycles.